The number of aldehydes is 1. The zero-order chi connectivity index (χ0) is 22.3. The van der Waals surface area contributed by atoms with E-state index >= 15 is 0 Å². The number of nitrogens with zero attached hydrogens (tertiary/aromatic N) is 1. The van der Waals surface area contributed by atoms with E-state index in [9.17, 15) is 9.59 Å². The number of benzene rings is 1. The van der Waals surface area contributed by atoms with Crippen molar-refractivity contribution in [2.75, 3.05) is 12.8 Å². The average Bonchev–Trinajstić information content (AvgIpc) is 2.77. The van der Waals surface area contributed by atoms with E-state index in [2.05, 4.69) is 4.98 Å². The number of ketones is 1. The number of methoxy groups -OCH3 is 1. The lowest BCUT2D eigenvalue weighted by molar-refractivity contribution is -0.115. The highest BCUT2D eigenvalue weighted by atomic mass is 16.5. The summed E-state index contributed by atoms with van der Waals surface area (Å²) < 4.78 is 10.8. The number of Topliss-reactive ketones (excluding diaryl/α,β-unsaturated/α-hetero) is 1. The normalized spacial score (nSPS) is 14.1. The third kappa shape index (κ3) is 5.26. The molecule has 1 aliphatic rings. The Morgan fingerprint density at radius 2 is 2.03 bits per heavy atom. The monoisotopic (exact) mass is 410 g/mol. The number of aromatic nitrogens is 1. The highest BCUT2D eigenvalue weighted by Gasteiger charge is 2.31. The van der Waals surface area contributed by atoms with E-state index in [4.69, 9.17) is 15.2 Å². The molecule has 160 valence electrons. The molecule has 0 unspecified atom stereocenters. The van der Waals surface area contributed by atoms with Gasteiger partial charge in [0.1, 0.15) is 23.6 Å². The van der Waals surface area contributed by atoms with Crippen LogP contribution in [0.2, 0.25) is 0 Å². The third-order valence-electron chi connectivity index (χ3n) is 5.31. The summed E-state index contributed by atoms with van der Waals surface area (Å²) in [5, 5.41) is 0. The van der Waals surface area contributed by atoms with Crippen LogP contribution in [0.15, 0.2) is 42.2 Å². The van der Waals surface area contributed by atoms with Gasteiger partial charge >= 0.3 is 0 Å². The molecular formula is C24H30N2O4. The zero-order valence-electron chi connectivity index (χ0n) is 18.3. The lowest BCUT2D eigenvalue weighted by Gasteiger charge is -2.27. The Kier molecular flexibility index (Phi) is 7.75. The van der Waals surface area contributed by atoms with E-state index < -0.39 is 5.41 Å². The summed E-state index contributed by atoms with van der Waals surface area (Å²) >= 11 is 0. The van der Waals surface area contributed by atoms with Crippen LogP contribution in [0, 0.1) is 5.41 Å². The third-order valence-corrected chi connectivity index (χ3v) is 5.31. The van der Waals surface area contributed by atoms with Gasteiger partial charge in [-0.1, -0.05) is 19.9 Å². The molecule has 1 aliphatic heterocycles. The van der Waals surface area contributed by atoms with Crippen LogP contribution in [0.3, 0.4) is 0 Å². The quantitative estimate of drug-likeness (QED) is 0.554. The maximum atomic E-state index is 11.2. The topological polar surface area (TPSA) is 91.5 Å². The molecule has 2 N–H and O–H groups in total. The standard InChI is InChI=1S/C13H16N2O2.C11H14O2/c1-3-13(2,8-16)10-6-4-9-5-7-11(14)15-12(9)17-10;1-4-9-5-6-10(13-3)7-11(9)8(2)12/h5-8H,3-4H2,1-2H3,(H2,14,15);5-7H,4H2,1-3H3/t13-;/m0./s1. The summed E-state index contributed by atoms with van der Waals surface area (Å²) in [5.74, 6) is 2.44. The molecule has 6 heteroatoms. The lowest BCUT2D eigenvalue weighted by atomic mass is 9.85. The molecule has 2 heterocycles. The van der Waals surface area contributed by atoms with Gasteiger partial charge < -0.3 is 20.0 Å². The summed E-state index contributed by atoms with van der Waals surface area (Å²) in [6.45, 7) is 7.44. The second kappa shape index (κ2) is 10.1. The molecule has 0 saturated carbocycles. The smallest absolute Gasteiger partial charge is 0.224 e. The largest absolute Gasteiger partial charge is 0.497 e. The molecular weight excluding hydrogens is 380 g/mol. The molecule has 1 aromatic carbocycles. The minimum atomic E-state index is -0.579. The highest BCUT2D eigenvalue weighted by molar-refractivity contribution is 5.96. The molecule has 0 amide bonds. The highest BCUT2D eigenvalue weighted by Crippen LogP contribution is 2.35. The number of fused-ring (bicyclic) bond motifs is 1. The SMILES string of the molecule is CC[C@@](C)(C=O)C1=CCc2ccc(N)nc2O1.CCc1ccc(OC)cc1C(C)=O. The van der Waals surface area contributed by atoms with Crippen molar-refractivity contribution in [2.45, 2.75) is 47.0 Å². The zero-order valence-corrected chi connectivity index (χ0v) is 18.3. The Morgan fingerprint density at radius 3 is 2.60 bits per heavy atom. The molecule has 1 atom stereocenters. The Hall–Kier alpha value is -3.15. The maximum absolute atomic E-state index is 11.2. The predicted molar refractivity (Wildman–Crippen MR) is 118 cm³/mol. The van der Waals surface area contributed by atoms with E-state index in [0.29, 0.717) is 23.9 Å². The first-order chi connectivity index (χ1) is 14.3. The second-order valence-corrected chi connectivity index (χ2v) is 7.40. The van der Waals surface area contributed by atoms with Gasteiger partial charge in [-0.05, 0) is 69.0 Å². The van der Waals surface area contributed by atoms with Crippen LogP contribution in [0.4, 0.5) is 5.82 Å². The van der Waals surface area contributed by atoms with E-state index in [1.165, 1.54) is 0 Å². The summed E-state index contributed by atoms with van der Waals surface area (Å²) in [6.07, 6.45) is 5.16. The van der Waals surface area contributed by atoms with Crippen LogP contribution in [0.25, 0.3) is 0 Å². The van der Waals surface area contributed by atoms with Crippen molar-refractivity contribution in [2.24, 2.45) is 5.41 Å². The van der Waals surface area contributed by atoms with Gasteiger partial charge in [0, 0.05) is 11.1 Å². The average molecular weight is 411 g/mol. The molecule has 0 spiro atoms. The van der Waals surface area contributed by atoms with Crippen LogP contribution in [-0.4, -0.2) is 24.2 Å². The molecule has 0 bridgehead atoms. The Morgan fingerprint density at radius 1 is 1.30 bits per heavy atom. The number of rotatable bonds is 6. The Labute approximate surface area is 178 Å². The van der Waals surface area contributed by atoms with Crippen molar-refractivity contribution >= 4 is 17.9 Å². The number of nitrogens with two attached hydrogens (primary N) is 1. The first-order valence-corrected chi connectivity index (χ1v) is 10.1. The van der Waals surface area contributed by atoms with Crippen molar-refractivity contribution in [1.29, 1.82) is 0 Å². The molecule has 0 fully saturated rings. The van der Waals surface area contributed by atoms with Crippen LogP contribution in [0.1, 0.15) is 55.6 Å². The predicted octanol–water partition coefficient (Wildman–Crippen LogP) is 4.56. The Balaban J connectivity index is 0.000000222. The number of hydrogen-bond acceptors (Lipinski definition) is 6. The van der Waals surface area contributed by atoms with E-state index in [-0.39, 0.29) is 5.78 Å². The van der Waals surface area contributed by atoms with Crippen molar-refractivity contribution < 1.29 is 19.1 Å². The van der Waals surface area contributed by atoms with Crippen molar-refractivity contribution in [3.05, 3.63) is 58.9 Å². The summed E-state index contributed by atoms with van der Waals surface area (Å²) in [5.41, 5.74) is 7.88. The number of ether oxygens (including phenoxy) is 2. The maximum Gasteiger partial charge on any atom is 0.224 e. The molecule has 0 aliphatic carbocycles. The van der Waals surface area contributed by atoms with Crippen molar-refractivity contribution in [3.63, 3.8) is 0 Å². The van der Waals surface area contributed by atoms with E-state index in [1.54, 1.807) is 26.2 Å². The number of nitrogen functional groups attached to an aromatic ring is 1. The van der Waals surface area contributed by atoms with Gasteiger partial charge in [-0.25, -0.2) is 0 Å². The number of pyridine rings is 1. The molecule has 0 radical (unpaired) electrons. The second-order valence-electron chi connectivity index (χ2n) is 7.40. The molecule has 2 aromatic rings. The van der Waals surface area contributed by atoms with Gasteiger partial charge in [0.05, 0.1) is 12.5 Å². The summed E-state index contributed by atoms with van der Waals surface area (Å²) in [7, 11) is 1.60. The minimum Gasteiger partial charge on any atom is -0.497 e. The van der Waals surface area contributed by atoms with Gasteiger partial charge in [-0.3, -0.25) is 4.79 Å². The number of carbonyl (C=O) groups excluding carboxylic acids is 2. The first kappa shape index (κ1) is 23.1. The number of allylic oxidation sites excluding steroid dienone is 2. The fourth-order valence-corrected chi connectivity index (χ4v) is 3.06. The molecule has 0 saturated heterocycles. The van der Waals surface area contributed by atoms with Crippen LogP contribution < -0.4 is 15.2 Å². The van der Waals surface area contributed by atoms with Crippen LogP contribution >= 0.6 is 0 Å². The fourth-order valence-electron chi connectivity index (χ4n) is 3.06. The fraction of sp³-hybridized carbons (Fsp3) is 0.375. The number of hydrogen-bond donors (Lipinski definition) is 1. The minimum absolute atomic E-state index is 0.0933. The van der Waals surface area contributed by atoms with Crippen LogP contribution in [-0.2, 0) is 17.6 Å². The van der Waals surface area contributed by atoms with Crippen LogP contribution in [0.5, 0.6) is 11.6 Å². The molecule has 3 rings (SSSR count). The summed E-state index contributed by atoms with van der Waals surface area (Å²) in [4.78, 5) is 26.6. The van der Waals surface area contributed by atoms with E-state index in [0.717, 1.165) is 41.6 Å². The number of aryl methyl sites for hydroxylation is 1. The van der Waals surface area contributed by atoms with E-state index in [1.807, 2.05) is 45.0 Å². The van der Waals surface area contributed by atoms with Gasteiger partial charge in [0.15, 0.2) is 5.78 Å². The summed E-state index contributed by atoms with van der Waals surface area (Å²) in [6, 6.07) is 9.26. The van der Waals surface area contributed by atoms with Crippen molar-refractivity contribution in [1.82, 2.24) is 4.98 Å². The first-order valence-electron chi connectivity index (χ1n) is 10.1. The lowest BCUT2D eigenvalue weighted by Crippen LogP contribution is -2.26. The van der Waals surface area contributed by atoms with Gasteiger partial charge in [0.25, 0.3) is 0 Å². The van der Waals surface area contributed by atoms with Crippen molar-refractivity contribution in [3.8, 4) is 11.6 Å². The molecule has 1 aromatic heterocycles. The van der Waals surface area contributed by atoms with Gasteiger partial charge in [-0.2, -0.15) is 4.98 Å². The van der Waals surface area contributed by atoms with Gasteiger partial charge in [-0.15, -0.1) is 0 Å². The number of carbonyl (C=O) groups is 2. The Bertz CT molecular complexity index is 952. The number of anilines is 1. The van der Waals surface area contributed by atoms with Gasteiger partial charge in [0.2, 0.25) is 5.88 Å². The molecule has 6 nitrogen and oxygen atoms in total. The molecule has 30 heavy (non-hydrogen) atoms.